The van der Waals surface area contributed by atoms with Crippen molar-refractivity contribution in [3.05, 3.63) is 68.5 Å². The zero-order chi connectivity index (χ0) is 19.6. The molecule has 0 spiro atoms. The van der Waals surface area contributed by atoms with Gasteiger partial charge in [0.2, 0.25) is 0 Å². The number of H-pyrrole nitrogens is 1. The average Bonchev–Trinajstić information content (AvgIpc) is 2.96. The summed E-state index contributed by atoms with van der Waals surface area (Å²) >= 11 is 0. The highest BCUT2D eigenvalue weighted by molar-refractivity contribution is 5.14. The molecule has 146 valence electrons. The smallest absolute Gasteiger partial charge is 0.330 e. The number of nitrogens with one attached hydrogen (secondary N) is 1. The van der Waals surface area contributed by atoms with Crippen molar-refractivity contribution >= 4 is 0 Å². The zero-order valence-electron chi connectivity index (χ0n) is 15.8. The Balaban J connectivity index is 1.92. The van der Waals surface area contributed by atoms with Crippen molar-refractivity contribution in [2.24, 2.45) is 0 Å². The van der Waals surface area contributed by atoms with Crippen molar-refractivity contribution < 1.29 is 14.6 Å². The molecule has 1 aromatic heterocycles. The van der Waals surface area contributed by atoms with E-state index in [9.17, 15) is 14.7 Å². The SMILES string of the molecule is CCC1(CC)O[C@@H](n2cc(C)c(=O)[nH]c2=O)[C@@H](O)C1OCc1ccccc1. The summed E-state index contributed by atoms with van der Waals surface area (Å²) in [4.78, 5) is 26.2. The van der Waals surface area contributed by atoms with Crippen molar-refractivity contribution in [1.29, 1.82) is 0 Å². The molecule has 7 nitrogen and oxygen atoms in total. The maximum absolute atomic E-state index is 12.3. The van der Waals surface area contributed by atoms with E-state index in [4.69, 9.17) is 9.47 Å². The second kappa shape index (κ2) is 7.80. The van der Waals surface area contributed by atoms with Gasteiger partial charge < -0.3 is 14.6 Å². The maximum Gasteiger partial charge on any atom is 0.330 e. The van der Waals surface area contributed by atoms with Crippen LogP contribution in [0.3, 0.4) is 0 Å². The van der Waals surface area contributed by atoms with Crippen LogP contribution >= 0.6 is 0 Å². The van der Waals surface area contributed by atoms with Gasteiger partial charge in [0.1, 0.15) is 12.2 Å². The Labute approximate surface area is 157 Å². The first-order chi connectivity index (χ1) is 12.9. The van der Waals surface area contributed by atoms with Gasteiger partial charge in [0.05, 0.1) is 12.2 Å². The minimum Gasteiger partial charge on any atom is -0.386 e. The fraction of sp³-hybridized carbons (Fsp3) is 0.500. The Morgan fingerprint density at radius 1 is 1.22 bits per heavy atom. The Morgan fingerprint density at radius 3 is 2.52 bits per heavy atom. The number of nitrogens with zero attached hydrogens (tertiary/aromatic N) is 1. The molecular formula is C20H26N2O5. The van der Waals surface area contributed by atoms with Crippen LogP contribution in [-0.4, -0.2) is 32.5 Å². The number of aryl methyl sites for hydroxylation is 1. The van der Waals surface area contributed by atoms with E-state index in [1.54, 1.807) is 6.92 Å². The van der Waals surface area contributed by atoms with Gasteiger partial charge in [-0.1, -0.05) is 44.2 Å². The Morgan fingerprint density at radius 2 is 1.89 bits per heavy atom. The van der Waals surface area contributed by atoms with Crippen molar-refractivity contribution in [1.82, 2.24) is 9.55 Å². The number of hydrogen-bond acceptors (Lipinski definition) is 5. The standard InChI is InChI=1S/C20H26N2O5/c1-4-20(5-2)16(26-12-14-9-7-6-8-10-14)15(23)18(27-20)22-11-13(3)17(24)21-19(22)25/h6-11,15-16,18,23H,4-5,12H2,1-3H3,(H,21,24,25)/t15-,16?,18+/m0/s1. The quantitative estimate of drug-likeness (QED) is 0.805. The largest absolute Gasteiger partial charge is 0.386 e. The summed E-state index contributed by atoms with van der Waals surface area (Å²) in [6.07, 6.45) is 0.0912. The van der Waals surface area contributed by atoms with Gasteiger partial charge in [-0.15, -0.1) is 0 Å². The Bertz CT molecular complexity index is 885. The maximum atomic E-state index is 12.3. The molecule has 0 saturated carbocycles. The number of ether oxygens (including phenoxy) is 2. The van der Waals surface area contributed by atoms with Gasteiger partial charge >= 0.3 is 5.69 Å². The molecule has 2 N–H and O–H groups in total. The zero-order valence-corrected chi connectivity index (χ0v) is 15.8. The highest BCUT2D eigenvalue weighted by Crippen LogP contribution is 2.43. The summed E-state index contributed by atoms with van der Waals surface area (Å²) in [6, 6.07) is 9.70. The average molecular weight is 374 g/mol. The third kappa shape index (κ3) is 3.63. The predicted octanol–water partition coefficient (Wildman–Crippen LogP) is 1.88. The fourth-order valence-corrected chi connectivity index (χ4v) is 3.66. The number of hydrogen-bond donors (Lipinski definition) is 2. The minimum absolute atomic E-state index is 0.333. The first-order valence-corrected chi connectivity index (χ1v) is 9.25. The van der Waals surface area contributed by atoms with E-state index in [0.29, 0.717) is 25.0 Å². The monoisotopic (exact) mass is 374 g/mol. The molecule has 3 atom stereocenters. The van der Waals surface area contributed by atoms with Crippen molar-refractivity contribution in [3.63, 3.8) is 0 Å². The van der Waals surface area contributed by atoms with Gasteiger partial charge in [-0.3, -0.25) is 14.3 Å². The molecular weight excluding hydrogens is 348 g/mol. The second-order valence-electron chi connectivity index (χ2n) is 6.97. The molecule has 0 aliphatic carbocycles. The number of aliphatic hydroxyl groups excluding tert-OH is 1. The number of rotatable bonds is 6. The molecule has 27 heavy (non-hydrogen) atoms. The molecule has 1 fully saturated rings. The summed E-state index contributed by atoms with van der Waals surface area (Å²) in [7, 11) is 0. The van der Waals surface area contributed by atoms with Crippen molar-refractivity contribution in [3.8, 4) is 0 Å². The molecule has 1 aliphatic rings. The summed E-state index contributed by atoms with van der Waals surface area (Å²) in [6.45, 7) is 5.88. The highest BCUT2D eigenvalue weighted by atomic mass is 16.6. The number of benzene rings is 1. The first kappa shape index (κ1) is 19.5. The molecule has 0 amide bonds. The lowest BCUT2D eigenvalue weighted by Crippen LogP contribution is -2.44. The molecule has 2 aromatic rings. The van der Waals surface area contributed by atoms with E-state index < -0.39 is 35.3 Å². The van der Waals surface area contributed by atoms with Gasteiger partial charge in [-0.25, -0.2) is 4.79 Å². The second-order valence-corrected chi connectivity index (χ2v) is 6.97. The van der Waals surface area contributed by atoms with Gasteiger partial charge in [0.15, 0.2) is 6.23 Å². The Hall–Kier alpha value is -2.22. The van der Waals surface area contributed by atoms with Crippen LogP contribution in [0.1, 0.15) is 44.0 Å². The van der Waals surface area contributed by atoms with Crippen LogP contribution in [-0.2, 0) is 16.1 Å². The molecule has 7 heteroatoms. The number of aromatic amines is 1. The molecule has 1 aliphatic heterocycles. The third-order valence-electron chi connectivity index (χ3n) is 5.37. The van der Waals surface area contributed by atoms with Gasteiger partial charge in [-0.05, 0) is 25.3 Å². The predicted molar refractivity (Wildman–Crippen MR) is 101 cm³/mol. The summed E-state index contributed by atoms with van der Waals surface area (Å²) in [5.41, 5.74) is -0.413. The molecule has 0 radical (unpaired) electrons. The molecule has 3 rings (SSSR count). The van der Waals surface area contributed by atoms with E-state index in [1.165, 1.54) is 10.8 Å². The molecule has 1 saturated heterocycles. The highest BCUT2D eigenvalue weighted by Gasteiger charge is 2.54. The van der Waals surface area contributed by atoms with E-state index >= 15 is 0 Å². The normalized spacial score (nSPS) is 24.2. The minimum atomic E-state index is -1.04. The molecule has 1 aromatic carbocycles. The lowest BCUT2D eigenvalue weighted by molar-refractivity contribution is -0.125. The van der Waals surface area contributed by atoms with Gasteiger partial charge in [-0.2, -0.15) is 0 Å². The molecule has 1 unspecified atom stereocenters. The van der Waals surface area contributed by atoms with E-state index in [1.807, 2.05) is 44.2 Å². The van der Waals surface area contributed by atoms with Crippen LogP contribution in [0.5, 0.6) is 0 Å². The third-order valence-corrected chi connectivity index (χ3v) is 5.37. The summed E-state index contributed by atoms with van der Waals surface area (Å²) in [5, 5.41) is 11.0. The van der Waals surface area contributed by atoms with Crippen molar-refractivity contribution in [2.75, 3.05) is 0 Å². The van der Waals surface area contributed by atoms with Crippen LogP contribution in [0.4, 0.5) is 0 Å². The molecule has 2 heterocycles. The van der Waals surface area contributed by atoms with Gasteiger partial charge in [0, 0.05) is 11.8 Å². The lowest BCUT2D eigenvalue weighted by atomic mass is 9.89. The summed E-state index contributed by atoms with van der Waals surface area (Å²) < 4.78 is 13.5. The molecule has 0 bridgehead atoms. The van der Waals surface area contributed by atoms with Crippen LogP contribution in [0, 0.1) is 6.92 Å². The fourth-order valence-electron chi connectivity index (χ4n) is 3.66. The van der Waals surface area contributed by atoms with E-state index in [2.05, 4.69) is 4.98 Å². The topological polar surface area (TPSA) is 93.6 Å². The van der Waals surface area contributed by atoms with Gasteiger partial charge in [0.25, 0.3) is 5.56 Å². The van der Waals surface area contributed by atoms with Crippen LogP contribution in [0.2, 0.25) is 0 Å². The van der Waals surface area contributed by atoms with E-state index in [-0.39, 0.29) is 0 Å². The summed E-state index contributed by atoms with van der Waals surface area (Å²) in [5.74, 6) is 0. The number of aromatic nitrogens is 2. The lowest BCUT2D eigenvalue weighted by Gasteiger charge is -2.32. The number of aliphatic hydroxyl groups is 1. The van der Waals surface area contributed by atoms with Crippen LogP contribution in [0.25, 0.3) is 0 Å². The first-order valence-electron chi connectivity index (χ1n) is 9.25. The van der Waals surface area contributed by atoms with Crippen LogP contribution < -0.4 is 11.2 Å². The van der Waals surface area contributed by atoms with E-state index in [0.717, 1.165) is 5.56 Å². The Kier molecular flexibility index (Phi) is 5.64. The van der Waals surface area contributed by atoms with Crippen molar-refractivity contribution in [2.45, 2.75) is 64.3 Å². The van der Waals surface area contributed by atoms with Crippen LogP contribution in [0.15, 0.2) is 46.1 Å².